The molecule has 10 heteroatoms. The molecule has 1 rings (SSSR count). The summed E-state index contributed by atoms with van der Waals surface area (Å²) in [6.45, 7) is -0.659. The van der Waals surface area contributed by atoms with Crippen LogP contribution in [0.2, 0.25) is 0 Å². The van der Waals surface area contributed by atoms with Gasteiger partial charge in [-0.2, -0.15) is 8.42 Å². The van der Waals surface area contributed by atoms with Gasteiger partial charge in [-0.05, 0) is 46.9 Å². The van der Waals surface area contributed by atoms with E-state index in [-0.39, 0.29) is 13.0 Å². The van der Waals surface area contributed by atoms with Gasteiger partial charge in [0.15, 0.2) is 0 Å². The third-order valence-corrected chi connectivity index (χ3v) is 3.64. The van der Waals surface area contributed by atoms with Crippen LogP contribution in [0.25, 0.3) is 0 Å². The van der Waals surface area contributed by atoms with Crippen LogP contribution in [-0.4, -0.2) is 44.0 Å². The fraction of sp³-hybridized carbons (Fsp3) is 0.333. The van der Waals surface area contributed by atoms with Crippen LogP contribution >= 0.6 is 22.6 Å². The van der Waals surface area contributed by atoms with Crippen molar-refractivity contribution < 1.29 is 32.0 Å². The van der Waals surface area contributed by atoms with E-state index >= 15 is 0 Å². The number of benzene rings is 1. The van der Waals surface area contributed by atoms with Crippen LogP contribution in [0.1, 0.15) is 6.42 Å². The zero-order valence-electron chi connectivity index (χ0n) is 11.3. The standard InChI is InChI=1S/C12H14INO7S/c13-9-1-3-10(4-2-9)14-12(16)21-6-5-11(15)20-7-8-22(17,18)19/h1-4H,5-8H2,(H,14,16)(H,17,18,19). The van der Waals surface area contributed by atoms with E-state index in [2.05, 4.69) is 32.6 Å². The molecular formula is C12H14INO7S. The largest absolute Gasteiger partial charge is 0.464 e. The fourth-order valence-electron chi connectivity index (χ4n) is 1.25. The molecule has 0 saturated carbocycles. The maximum absolute atomic E-state index is 11.4. The van der Waals surface area contributed by atoms with Crippen LogP contribution in [0, 0.1) is 3.57 Å². The molecule has 0 radical (unpaired) electrons. The second kappa shape index (κ2) is 8.90. The van der Waals surface area contributed by atoms with Gasteiger partial charge >= 0.3 is 12.1 Å². The highest BCUT2D eigenvalue weighted by Crippen LogP contribution is 2.11. The highest BCUT2D eigenvalue weighted by molar-refractivity contribution is 14.1. The first-order valence-electron chi connectivity index (χ1n) is 6.06. The summed E-state index contributed by atoms with van der Waals surface area (Å²) in [6, 6.07) is 7.02. The zero-order valence-corrected chi connectivity index (χ0v) is 14.3. The summed E-state index contributed by atoms with van der Waals surface area (Å²) in [5.41, 5.74) is 0.557. The van der Waals surface area contributed by atoms with Gasteiger partial charge in [-0.25, -0.2) is 4.79 Å². The summed E-state index contributed by atoms with van der Waals surface area (Å²) in [6.07, 6.45) is -0.932. The van der Waals surface area contributed by atoms with Crippen LogP contribution in [0.4, 0.5) is 10.5 Å². The Labute approximate surface area is 141 Å². The van der Waals surface area contributed by atoms with Crippen molar-refractivity contribution in [2.24, 2.45) is 0 Å². The van der Waals surface area contributed by atoms with E-state index in [9.17, 15) is 18.0 Å². The van der Waals surface area contributed by atoms with Crippen molar-refractivity contribution in [3.05, 3.63) is 27.8 Å². The summed E-state index contributed by atoms with van der Waals surface area (Å²) in [5.74, 6) is -1.40. The average Bonchev–Trinajstić information content (AvgIpc) is 2.40. The van der Waals surface area contributed by atoms with Gasteiger partial charge in [-0.1, -0.05) is 0 Å². The number of carbonyl (C=O) groups is 2. The Morgan fingerprint density at radius 3 is 2.36 bits per heavy atom. The van der Waals surface area contributed by atoms with E-state index in [1.165, 1.54) is 0 Å². The highest BCUT2D eigenvalue weighted by atomic mass is 127. The van der Waals surface area contributed by atoms with Crippen LogP contribution in [0.5, 0.6) is 0 Å². The van der Waals surface area contributed by atoms with E-state index in [1.807, 2.05) is 12.1 Å². The van der Waals surface area contributed by atoms with Crippen molar-refractivity contribution in [1.29, 1.82) is 0 Å². The molecule has 1 aromatic rings. The monoisotopic (exact) mass is 443 g/mol. The minimum absolute atomic E-state index is 0.207. The molecule has 0 aromatic heterocycles. The fourth-order valence-corrected chi connectivity index (χ4v) is 1.90. The molecular weight excluding hydrogens is 429 g/mol. The molecule has 0 bridgehead atoms. The molecule has 0 unspecified atom stereocenters. The number of hydrogen-bond donors (Lipinski definition) is 2. The molecule has 1 aromatic carbocycles. The van der Waals surface area contributed by atoms with Crippen molar-refractivity contribution in [2.75, 3.05) is 24.3 Å². The highest BCUT2D eigenvalue weighted by Gasteiger charge is 2.09. The van der Waals surface area contributed by atoms with E-state index in [1.54, 1.807) is 12.1 Å². The van der Waals surface area contributed by atoms with Gasteiger partial charge in [0.25, 0.3) is 10.1 Å². The molecule has 0 aliphatic carbocycles. The summed E-state index contributed by atoms with van der Waals surface area (Å²) in [7, 11) is -4.16. The molecule has 0 saturated heterocycles. The van der Waals surface area contributed by atoms with Gasteiger partial charge in [0.2, 0.25) is 0 Å². The Morgan fingerprint density at radius 2 is 1.77 bits per heavy atom. The van der Waals surface area contributed by atoms with Crippen LogP contribution < -0.4 is 5.32 Å². The smallest absolute Gasteiger partial charge is 0.411 e. The van der Waals surface area contributed by atoms with Gasteiger partial charge in [0, 0.05) is 9.26 Å². The first-order valence-corrected chi connectivity index (χ1v) is 8.75. The van der Waals surface area contributed by atoms with E-state index in [4.69, 9.17) is 9.29 Å². The molecule has 0 heterocycles. The van der Waals surface area contributed by atoms with Crippen molar-refractivity contribution in [1.82, 2.24) is 0 Å². The number of esters is 1. The lowest BCUT2D eigenvalue weighted by atomic mass is 10.3. The predicted molar refractivity (Wildman–Crippen MR) is 86.1 cm³/mol. The van der Waals surface area contributed by atoms with Gasteiger partial charge in [0.1, 0.15) is 19.0 Å². The van der Waals surface area contributed by atoms with Crippen LogP contribution in [0.15, 0.2) is 24.3 Å². The molecule has 8 nitrogen and oxygen atoms in total. The molecule has 0 atom stereocenters. The lowest BCUT2D eigenvalue weighted by Gasteiger charge is -2.07. The normalized spacial score (nSPS) is 10.8. The number of hydrogen-bond acceptors (Lipinski definition) is 6. The molecule has 0 aliphatic heterocycles. The minimum Gasteiger partial charge on any atom is -0.464 e. The lowest BCUT2D eigenvalue weighted by Crippen LogP contribution is -2.18. The number of nitrogens with one attached hydrogen (secondary N) is 1. The number of halogens is 1. The first-order chi connectivity index (χ1) is 10.3. The minimum atomic E-state index is -4.16. The predicted octanol–water partition coefficient (Wildman–Crippen LogP) is 1.66. The number of rotatable bonds is 7. The van der Waals surface area contributed by atoms with Gasteiger partial charge < -0.3 is 9.47 Å². The zero-order chi connectivity index (χ0) is 16.6. The Bertz CT molecular complexity index is 615. The Kier molecular flexibility index (Phi) is 7.55. The van der Waals surface area contributed by atoms with E-state index in [0.29, 0.717) is 5.69 Å². The molecule has 22 heavy (non-hydrogen) atoms. The number of ether oxygens (including phenoxy) is 2. The lowest BCUT2D eigenvalue weighted by molar-refractivity contribution is -0.143. The molecule has 122 valence electrons. The third kappa shape index (κ3) is 8.79. The second-order valence-corrected chi connectivity index (χ2v) is 6.84. The second-order valence-electron chi connectivity index (χ2n) is 4.02. The van der Waals surface area contributed by atoms with Crippen molar-refractivity contribution in [3.63, 3.8) is 0 Å². The quantitative estimate of drug-likeness (QED) is 0.374. The van der Waals surface area contributed by atoms with Crippen molar-refractivity contribution >= 4 is 50.5 Å². The molecule has 0 spiro atoms. The van der Waals surface area contributed by atoms with Crippen LogP contribution in [0.3, 0.4) is 0 Å². The van der Waals surface area contributed by atoms with E-state index in [0.717, 1.165) is 3.57 Å². The Hall–Kier alpha value is -1.40. The van der Waals surface area contributed by atoms with Gasteiger partial charge in [-0.3, -0.25) is 14.7 Å². The van der Waals surface area contributed by atoms with Gasteiger partial charge in [-0.15, -0.1) is 0 Å². The number of anilines is 1. The maximum atomic E-state index is 11.4. The Balaban J connectivity index is 2.19. The molecule has 2 N–H and O–H groups in total. The third-order valence-electron chi connectivity index (χ3n) is 2.23. The van der Waals surface area contributed by atoms with Crippen molar-refractivity contribution in [3.8, 4) is 0 Å². The number of amides is 1. The van der Waals surface area contributed by atoms with Crippen molar-refractivity contribution in [2.45, 2.75) is 6.42 Å². The number of carbonyl (C=O) groups excluding carboxylic acids is 2. The average molecular weight is 443 g/mol. The molecule has 0 aliphatic rings. The topological polar surface area (TPSA) is 119 Å². The maximum Gasteiger partial charge on any atom is 0.411 e. The SMILES string of the molecule is O=C(CCOC(=O)Nc1ccc(I)cc1)OCCS(=O)(=O)O. The van der Waals surface area contributed by atoms with E-state index < -0.39 is 34.5 Å². The first kappa shape index (κ1) is 18.6. The molecule has 0 fully saturated rings. The summed E-state index contributed by atoms with van der Waals surface area (Å²) in [4.78, 5) is 22.6. The van der Waals surface area contributed by atoms with Gasteiger partial charge in [0.05, 0.1) is 6.42 Å². The summed E-state index contributed by atoms with van der Waals surface area (Å²) < 4.78 is 39.6. The summed E-state index contributed by atoms with van der Waals surface area (Å²) >= 11 is 2.13. The summed E-state index contributed by atoms with van der Waals surface area (Å²) in [5, 5.41) is 2.48. The van der Waals surface area contributed by atoms with Crippen LogP contribution in [-0.2, 0) is 24.4 Å². The Morgan fingerprint density at radius 1 is 1.14 bits per heavy atom. The molecule has 1 amide bonds.